The number of nitrogens with zero attached hydrogens (tertiary/aromatic N) is 9. The summed E-state index contributed by atoms with van der Waals surface area (Å²) in [7, 11) is 3.46. The smallest absolute Gasteiger partial charge is 0.278 e. The van der Waals surface area contributed by atoms with Gasteiger partial charge in [0.1, 0.15) is 28.9 Å². The molecule has 0 spiro atoms. The largest absolute Gasteiger partial charge is 0.491 e. The first-order chi connectivity index (χ1) is 26.0. The van der Waals surface area contributed by atoms with Crippen molar-refractivity contribution in [3.8, 4) is 11.7 Å². The number of methoxy groups -OCH3 is 1. The van der Waals surface area contributed by atoms with E-state index in [-0.39, 0.29) is 41.8 Å². The molecule has 17 heteroatoms. The summed E-state index contributed by atoms with van der Waals surface area (Å²) in [4.78, 5) is 54.7. The molecule has 282 valence electrons. The zero-order valence-electron chi connectivity index (χ0n) is 31.4. The van der Waals surface area contributed by atoms with Gasteiger partial charge in [-0.25, -0.2) is 15.2 Å². The van der Waals surface area contributed by atoms with Crippen molar-refractivity contribution < 1.29 is 23.9 Å². The molecule has 1 aliphatic rings. The van der Waals surface area contributed by atoms with E-state index in [1.165, 1.54) is 17.2 Å². The number of carbonyl (C=O) groups excluding carboxylic acids is 3. The van der Waals surface area contributed by atoms with E-state index in [0.29, 0.717) is 65.7 Å². The number of carbonyl (C=O) groups is 3. The molecule has 3 N–H and O–H groups in total. The minimum absolute atomic E-state index is 0.0753. The first kappa shape index (κ1) is 39.4. The maximum atomic E-state index is 14.1. The Bertz CT molecular complexity index is 2100. The van der Waals surface area contributed by atoms with Crippen LogP contribution in [0.4, 0.5) is 17.5 Å². The Hall–Kier alpha value is -5.86. The zero-order valence-corrected chi connectivity index (χ0v) is 31.4. The number of nitriles is 1. The number of nitrogens with two attached hydrogens (primary N) is 1. The molecular weight excluding hydrogens is 689 g/mol. The second-order valence-electron chi connectivity index (χ2n) is 13.3. The van der Waals surface area contributed by atoms with Crippen molar-refractivity contribution in [1.82, 2.24) is 29.2 Å². The van der Waals surface area contributed by atoms with Crippen LogP contribution in [0.15, 0.2) is 47.6 Å². The molecule has 0 radical (unpaired) electrons. The van der Waals surface area contributed by atoms with E-state index in [2.05, 4.69) is 38.0 Å². The fourth-order valence-corrected chi connectivity index (χ4v) is 6.77. The number of benzene rings is 1. The standard InChI is InChI=1S/C37H46BN11O5/c1-7-49-30(15-25(2)45-49)35(52)48(34-29(41-4)18-27(19-43-34)33(40)51)13-9-8-12-47-32-28(44-36(47)42-5)16-26(20-50)17-31(32)54-14-10-11-46-22-37(23-46,53-6)21-38(3)24-39/h8-9,15-20H,4,7,10-14,21-23H2,1-3,5-6H3,(H2,40,51)(H,42,44)/b9-8+. The van der Waals surface area contributed by atoms with Crippen molar-refractivity contribution in [3.05, 3.63) is 65.1 Å². The molecule has 3 aromatic heterocycles. The topological polar surface area (TPSA) is 199 Å². The van der Waals surface area contributed by atoms with E-state index in [1.807, 2.05) is 37.4 Å². The van der Waals surface area contributed by atoms with Gasteiger partial charge in [0, 0.05) is 71.2 Å². The molecule has 1 aromatic carbocycles. The third-order valence-electron chi connectivity index (χ3n) is 9.39. The lowest BCUT2D eigenvalue weighted by Gasteiger charge is -2.49. The highest BCUT2D eigenvalue weighted by Crippen LogP contribution is 2.33. The van der Waals surface area contributed by atoms with Crippen LogP contribution < -0.4 is 20.7 Å². The molecule has 1 aliphatic heterocycles. The number of hydrogen-bond acceptors (Lipinski definition) is 12. The third kappa shape index (κ3) is 8.51. The molecule has 16 nitrogen and oxygen atoms in total. The highest BCUT2D eigenvalue weighted by molar-refractivity contribution is 6.65. The predicted molar refractivity (Wildman–Crippen MR) is 208 cm³/mol. The Labute approximate surface area is 314 Å². The number of nitrogens with one attached hydrogen (secondary N) is 1. The summed E-state index contributed by atoms with van der Waals surface area (Å²) in [5.74, 6) is 2.54. The Morgan fingerprint density at radius 2 is 2.04 bits per heavy atom. The number of aldehydes is 1. The predicted octanol–water partition coefficient (Wildman–Crippen LogP) is 3.80. The minimum Gasteiger partial charge on any atom is -0.491 e. The van der Waals surface area contributed by atoms with Gasteiger partial charge in [0.05, 0.1) is 29.0 Å². The number of aliphatic imine (C=N–C) groups is 1. The average molecular weight is 736 g/mol. The van der Waals surface area contributed by atoms with Gasteiger partial charge in [-0.05, 0) is 57.6 Å². The van der Waals surface area contributed by atoms with Crippen LogP contribution in [-0.2, 0) is 17.8 Å². The van der Waals surface area contributed by atoms with Crippen LogP contribution in [0.1, 0.15) is 50.2 Å². The molecule has 4 heterocycles. The van der Waals surface area contributed by atoms with Crippen LogP contribution in [0.2, 0.25) is 13.1 Å². The van der Waals surface area contributed by atoms with E-state index < -0.39 is 5.91 Å². The lowest BCUT2D eigenvalue weighted by Crippen LogP contribution is -2.63. The zero-order chi connectivity index (χ0) is 39.0. The summed E-state index contributed by atoms with van der Waals surface area (Å²) in [6.07, 6.45) is 7.22. The summed E-state index contributed by atoms with van der Waals surface area (Å²) in [6, 6.07) is 6.59. The van der Waals surface area contributed by atoms with Crippen molar-refractivity contribution in [2.24, 2.45) is 10.7 Å². The number of aromatic nitrogens is 5. The molecule has 4 aromatic rings. The molecule has 0 unspecified atom stereocenters. The van der Waals surface area contributed by atoms with Crippen LogP contribution in [0.5, 0.6) is 5.75 Å². The summed E-state index contributed by atoms with van der Waals surface area (Å²) in [5, 5.41) is 16.8. The third-order valence-corrected chi connectivity index (χ3v) is 9.39. The van der Waals surface area contributed by atoms with Gasteiger partial charge in [-0.15, -0.1) is 0 Å². The second-order valence-corrected chi connectivity index (χ2v) is 13.3. The van der Waals surface area contributed by atoms with Crippen LogP contribution >= 0.6 is 0 Å². The van der Waals surface area contributed by atoms with E-state index in [1.54, 1.807) is 37.0 Å². The fourth-order valence-electron chi connectivity index (χ4n) is 6.77. The number of allylic oxidation sites excluding steroid dienone is 1. The summed E-state index contributed by atoms with van der Waals surface area (Å²) in [6.45, 7) is 12.8. The van der Waals surface area contributed by atoms with Gasteiger partial charge >= 0.3 is 0 Å². The number of rotatable bonds is 19. The number of primary amides is 1. The van der Waals surface area contributed by atoms with Gasteiger partial charge in [-0.1, -0.05) is 19.0 Å². The molecule has 5 rings (SSSR count). The van der Waals surface area contributed by atoms with Crippen molar-refractivity contribution in [3.63, 3.8) is 0 Å². The molecule has 0 aliphatic carbocycles. The quantitative estimate of drug-likeness (QED) is 0.0467. The molecule has 1 fully saturated rings. The van der Waals surface area contributed by atoms with Crippen LogP contribution in [0.25, 0.3) is 11.0 Å². The molecular formula is C37H46BN11O5. The van der Waals surface area contributed by atoms with Crippen LogP contribution in [0.3, 0.4) is 0 Å². The van der Waals surface area contributed by atoms with Crippen LogP contribution in [-0.4, -0.2) is 113 Å². The first-order valence-corrected chi connectivity index (χ1v) is 17.7. The Morgan fingerprint density at radius 3 is 2.69 bits per heavy atom. The van der Waals surface area contributed by atoms with E-state index >= 15 is 0 Å². The molecule has 1 saturated heterocycles. The first-order valence-electron chi connectivity index (χ1n) is 17.7. The Balaban J connectivity index is 1.36. The SMILES string of the molecule is C=Nc1cc(C(N)=O)cnc1N(C/C=C/Cn1c(NC)nc2cc(C=O)cc(OCCCN3CC(CB(C)C#N)(OC)C3)c21)C(=O)c1cc(C)nn1CC. The maximum Gasteiger partial charge on any atom is 0.278 e. The number of hydrogen-bond donors (Lipinski definition) is 2. The molecule has 0 atom stereocenters. The molecule has 0 saturated carbocycles. The van der Waals surface area contributed by atoms with E-state index in [4.69, 9.17) is 20.2 Å². The molecule has 54 heavy (non-hydrogen) atoms. The maximum absolute atomic E-state index is 14.1. The number of amides is 2. The van der Waals surface area contributed by atoms with Crippen molar-refractivity contribution in [1.29, 1.82) is 5.26 Å². The van der Waals surface area contributed by atoms with Gasteiger partial charge in [0.25, 0.3) is 12.6 Å². The summed E-state index contributed by atoms with van der Waals surface area (Å²) in [5.41, 5.74) is 8.34. The fraction of sp³-hybridized carbons (Fsp3) is 0.405. The van der Waals surface area contributed by atoms with Crippen molar-refractivity contribution >= 4 is 60.0 Å². The Kier molecular flexibility index (Phi) is 12.6. The normalized spacial score (nSPS) is 13.7. The van der Waals surface area contributed by atoms with Crippen molar-refractivity contribution in [2.45, 2.75) is 52.1 Å². The van der Waals surface area contributed by atoms with Crippen molar-refractivity contribution in [2.75, 3.05) is 57.2 Å². The van der Waals surface area contributed by atoms with Gasteiger partial charge in [-0.3, -0.25) is 33.9 Å². The number of aryl methyl sites for hydroxylation is 2. The average Bonchev–Trinajstić information content (AvgIpc) is 3.73. The lowest BCUT2D eigenvalue weighted by atomic mass is 9.47. The second kappa shape index (κ2) is 17.3. The Morgan fingerprint density at radius 1 is 1.26 bits per heavy atom. The monoisotopic (exact) mass is 735 g/mol. The number of fused-ring (bicyclic) bond motifs is 1. The summed E-state index contributed by atoms with van der Waals surface area (Å²) >= 11 is 0. The van der Waals surface area contributed by atoms with E-state index in [0.717, 1.165) is 32.3 Å². The molecule has 2 amide bonds. The highest BCUT2D eigenvalue weighted by atomic mass is 16.5. The number of likely N-dealkylation sites (tertiary alicyclic amines) is 1. The minimum atomic E-state index is -0.680. The number of imidazole rings is 1. The summed E-state index contributed by atoms with van der Waals surface area (Å²) < 4.78 is 15.6. The van der Waals surface area contributed by atoms with E-state index in [9.17, 15) is 19.6 Å². The van der Waals surface area contributed by atoms with Gasteiger partial charge < -0.3 is 25.1 Å². The number of pyridine rings is 1. The molecule has 0 bridgehead atoms. The lowest BCUT2D eigenvalue weighted by molar-refractivity contribution is -0.111. The van der Waals surface area contributed by atoms with Gasteiger partial charge in [-0.2, -0.15) is 5.10 Å². The highest BCUT2D eigenvalue weighted by Gasteiger charge is 2.44. The van der Waals surface area contributed by atoms with Gasteiger partial charge in [0.2, 0.25) is 11.9 Å². The number of anilines is 2. The van der Waals surface area contributed by atoms with Gasteiger partial charge in [0.15, 0.2) is 5.82 Å². The number of ether oxygens (including phenoxy) is 2. The van der Waals surface area contributed by atoms with Crippen LogP contribution in [0, 0.1) is 18.2 Å².